The van der Waals surface area contributed by atoms with Crippen LogP contribution in [0.1, 0.15) is 45.4 Å². The van der Waals surface area contributed by atoms with E-state index in [0.717, 1.165) is 19.3 Å². The summed E-state index contributed by atoms with van der Waals surface area (Å²) in [6.07, 6.45) is 6.90. The summed E-state index contributed by atoms with van der Waals surface area (Å²) >= 11 is 0. The second-order valence-corrected chi connectivity index (χ2v) is 4.50. The van der Waals surface area contributed by atoms with Crippen LogP contribution >= 0.6 is 0 Å². The van der Waals surface area contributed by atoms with Crippen LogP contribution in [0.25, 0.3) is 0 Å². The lowest BCUT2D eigenvalue weighted by Gasteiger charge is -2.19. The number of nitrogens with zero attached hydrogens (tertiary/aromatic N) is 1. The fourth-order valence-electron chi connectivity index (χ4n) is 1.90. The Morgan fingerprint density at radius 1 is 1.36 bits per heavy atom. The molecule has 0 saturated heterocycles. The highest BCUT2D eigenvalue weighted by Crippen LogP contribution is 2.28. The maximum Gasteiger partial charge on any atom is 0.243 e. The van der Waals surface area contributed by atoms with E-state index >= 15 is 0 Å². The van der Waals surface area contributed by atoms with Gasteiger partial charge in [0.25, 0.3) is 0 Å². The van der Waals surface area contributed by atoms with Gasteiger partial charge in [-0.3, -0.25) is 4.79 Å². The van der Waals surface area contributed by atoms with Crippen molar-refractivity contribution in [2.45, 2.75) is 45.4 Å². The molecule has 0 aromatic rings. The van der Waals surface area contributed by atoms with Gasteiger partial charge in [0.2, 0.25) is 5.91 Å². The number of hydrazone groups is 1. The van der Waals surface area contributed by atoms with Crippen LogP contribution in [0.5, 0.6) is 0 Å². The van der Waals surface area contributed by atoms with E-state index < -0.39 is 0 Å². The highest BCUT2D eigenvalue weighted by atomic mass is 16.2. The van der Waals surface area contributed by atoms with Crippen molar-refractivity contribution < 1.29 is 4.79 Å². The molecule has 2 fully saturated rings. The van der Waals surface area contributed by atoms with E-state index in [1.807, 2.05) is 0 Å². The molecule has 2 rings (SSSR count). The molecule has 0 aliphatic heterocycles. The molecule has 1 amide bonds. The summed E-state index contributed by atoms with van der Waals surface area (Å²) in [5.41, 5.74) is 3.88. The van der Waals surface area contributed by atoms with E-state index in [9.17, 15) is 4.79 Å². The van der Waals surface area contributed by atoms with Gasteiger partial charge in [0, 0.05) is 11.6 Å². The third-order valence-corrected chi connectivity index (χ3v) is 3.15. The van der Waals surface area contributed by atoms with E-state index in [4.69, 9.17) is 0 Å². The van der Waals surface area contributed by atoms with Gasteiger partial charge in [-0.15, -0.1) is 0 Å². The molecule has 78 valence electrons. The Hall–Kier alpha value is -0.860. The van der Waals surface area contributed by atoms with Crippen molar-refractivity contribution in [1.29, 1.82) is 0 Å². The molecular formula is C11H18N2O. The van der Waals surface area contributed by atoms with Gasteiger partial charge in [0.05, 0.1) is 0 Å². The first-order valence-electron chi connectivity index (χ1n) is 5.63. The van der Waals surface area contributed by atoms with E-state index in [-0.39, 0.29) is 11.8 Å². The van der Waals surface area contributed by atoms with Gasteiger partial charge in [-0.1, -0.05) is 13.3 Å². The Bertz CT molecular complexity index is 256. The molecule has 0 spiro atoms. The summed E-state index contributed by atoms with van der Waals surface area (Å²) in [5.74, 6) is 0.941. The van der Waals surface area contributed by atoms with Crippen LogP contribution in [-0.4, -0.2) is 11.6 Å². The van der Waals surface area contributed by atoms with Gasteiger partial charge >= 0.3 is 0 Å². The van der Waals surface area contributed by atoms with Crippen LogP contribution < -0.4 is 5.43 Å². The molecular weight excluding hydrogens is 176 g/mol. The zero-order valence-corrected chi connectivity index (χ0v) is 8.75. The largest absolute Gasteiger partial charge is 0.273 e. The molecule has 2 aliphatic carbocycles. The normalized spacial score (nSPS) is 30.4. The number of carbonyl (C=O) groups excluding carboxylic acids is 1. The number of rotatable bonds is 2. The second kappa shape index (κ2) is 4.11. The second-order valence-electron chi connectivity index (χ2n) is 4.50. The summed E-state index contributed by atoms with van der Waals surface area (Å²) in [7, 11) is 0. The smallest absolute Gasteiger partial charge is 0.243 e. The summed E-state index contributed by atoms with van der Waals surface area (Å²) < 4.78 is 0. The number of amides is 1. The van der Waals surface area contributed by atoms with E-state index in [1.165, 1.54) is 25.0 Å². The van der Waals surface area contributed by atoms with E-state index in [0.29, 0.717) is 5.92 Å². The molecule has 1 N–H and O–H groups in total. The highest BCUT2D eigenvalue weighted by molar-refractivity contribution is 5.89. The predicted molar refractivity (Wildman–Crippen MR) is 55.9 cm³/mol. The minimum atomic E-state index is 0.121. The van der Waals surface area contributed by atoms with Crippen molar-refractivity contribution in [3.8, 4) is 0 Å². The van der Waals surface area contributed by atoms with Crippen molar-refractivity contribution >= 4 is 11.6 Å². The lowest BCUT2D eigenvalue weighted by molar-refractivity contribution is -0.122. The van der Waals surface area contributed by atoms with Crippen LogP contribution in [-0.2, 0) is 4.79 Å². The molecule has 0 bridgehead atoms. The molecule has 0 heterocycles. The Kier molecular flexibility index (Phi) is 2.85. The zero-order chi connectivity index (χ0) is 9.97. The third kappa shape index (κ3) is 2.34. The van der Waals surface area contributed by atoms with Gasteiger partial charge in [0.15, 0.2) is 0 Å². The fraction of sp³-hybridized carbons (Fsp3) is 0.818. The maximum absolute atomic E-state index is 11.3. The molecule has 3 heteroatoms. The van der Waals surface area contributed by atoms with Gasteiger partial charge < -0.3 is 0 Å². The molecule has 2 aliphatic rings. The van der Waals surface area contributed by atoms with Crippen LogP contribution in [0, 0.1) is 11.8 Å². The number of hydrogen-bond donors (Lipinski definition) is 1. The Morgan fingerprint density at radius 2 is 2.14 bits per heavy atom. The van der Waals surface area contributed by atoms with Crippen molar-refractivity contribution in [3.05, 3.63) is 0 Å². The van der Waals surface area contributed by atoms with Crippen molar-refractivity contribution in [3.63, 3.8) is 0 Å². The molecule has 1 unspecified atom stereocenters. The SMILES string of the molecule is CC1CCCC/C1=N/NC(=O)C1CC1. The predicted octanol–water partition coefficient (Wildman–Crippen LogP) is 2.08. The van der Waals surface area contributed by atoms with E-state index in [2.05, 4.69) is 17.5 Å². The molecule has 1 atom stereocenters. The Balaban J connectivity index is 1.85. The highest BCUT2D eigenvalue weighted by Gasteiger charge is 2.29. The van der Waals surface area contributed by atoms with Crippen LogP contribution in [0.4, 0.5) is 0 Å². The average Bonchev–Trinajstić information content (AvgIpc) is 2.99. The summed E-state index contributed by atoms with van der Waals surface area (Å²) in [6.45, 7) is 2.20. The topological polar surface area (TPSA) is 41.5 Å². The average molecular weight is 194 g/mol. The van der Waals surface area contributed by atoms with Crippen molar-refractivity contribution in [2.75, 3.05) is 0 Å². The quantitative estimate of drug-likeness (QED) is 0.672. The van der Waals surface area contributed by atoms with Crippen molar-refractivity contribution in [2.24, 2.45) is 16.9 Å². The summed E-state index contributed by atoms with van der Waals surface area (Å²) in [6, 6.07) is 0. The Labute approximate surface area is 85.0 Å². The van der Waals surface area contributed by atoms with Gasteiger partial charge in [0.1, 0.15) is 0 Å². The maximum atomic E-state index is 11.3. The first-order chi connectivity index (χ1) is 6.77. The first kappa shape index (κ1) is 9.69. The van der Waals surface area contributed by atoms with Gasteiger partial charge in [-0.2, -0.15) is 5.10 Å². The molecule has 14 heavy (non-hydrogen) atoms. The fourth-order valence-corrected chi connectivity index (χ4v) is 1.90. The first-order valence-corrected chi connectivity index (χ1v) is 5.63. The molecule has 0 aromatic carbocycles. The minimum absolute atomic E-state index is 0.121. The molecule has 0 radical (unpaired) electrons. The van der Waals surface area contributed by atoms with E-state index in [1.54, 1.807) is 0 Å². The summed E-state index contributed by atoms with van der Waals surface area (Å²) in [4.78, 5) is 11.3. The number of hydrogen-bond acceptors (Lipinski definition) is 2. The van der Waals surface area contributed by atoms with Gasteiger partial charge in [-0.05, 0) is 38.0 Å². The van der Waals surface area contributed by atoms with Crippen LogP contribution in [0.15, 0.2) is 5.10 Å². The van der Waals surface area contributed by atoms with Crippen LogP contribution in [0.2, 0.25) is 0 Å². The van der Waals surface area contributed by atoms with Gasteiger partial charge in [-0.25, -0.2) is 5.43 Å². The standard InChI is InChI=1S/C11H18N2O/c1-8-4-2-3-5-10(8)12-13-11(14)9-6-7-9/h8-9H,2-7H2,1H3,(H,13,14)/b12-10-. The molecule has 2 saturated carbocycles. The minimum Gasteiger partial charge on any atom is -0.273 e. The molecule has 0 aromatic heterocycles. The molecule has 3 nitrogen and oxygen atoms in total. The zero-order valence-electron chi connectivity index (χ0n) is 8.75. The number of nitrogens with one attached hydrogen (secondary N) is 1. The van der Waals surface area contributed by atoms with Crippen LogP contribution in [0.3, 0.4) is 0 Å². The monoisotopic (exact) mass is 194 g/mol. The lowest BCUT2D eigenvalue weighted by Crippen LogP contribution is -2.25. The van der Waals surface area contributed by atoms with Crippen molar-refractivity contribution in [1.82, 2.24) is 5.43 Å². The summed E-state index contributed by atoms with van der Waals surface area (Å²) in [5, 5.41) is 4.24. The number of carbonyl (C=O) groups is 1. The lowest BCUT2D eigenvalue weighted by atomic mass is 9.89. The third-order valence-electron chi connectivity index (χ3n) is 3.15. The Morgan fingerprint density at radius 3 is 2.79 bits per heavy atom.